The first-order chi connectivity index (χ1) is 17.3. The van der Waals surface area contributed by atoms with E-state index in [0.29, 0.717) is 36.0 Å². The number of aryl methyl sites for hydroxylation is 2. The summed E-state index contributed by atoms with van der Waals surface area (Å²) in [5, 5.41) is 28.0. The van der Waals surface area contributed by atoms with Gasteiger partial charge in [-0.05, 0) is 68.6 Å². The van der Waals surface area contributed by atoms with E-state index in [1.54, 1.807) is 12.1 Å². The van der Waals surface area contributed by atoms with Crippen molar-refractivity contribution in [2.24, 2.45) is 0 Å². The average Bonchev–Trinajstić information content (AvgIpc) is 2.87. The van der Waals surface area contributed by atoms with E-state index in [4.69, 9.17) is 0 Å². The Balaban J connectivity index is 1.19. The number of phenolic OH excluding ortho intramolecular Hbond substituents is 1. The van der Waals surface area contributed by atoms with Crippen molar-refractivity contribution in [2.45, 2.75) is 51.8 Å². The van der Waals surface area contributed by atoms with Crippen LogP contribution >= 0.6 is 0 Å². The lowest BCUT2D eigenvalue weighted by molar-refractivity contribution is -0.121. The second-order valence-corrected chi connectivity index (χ2v) is 9.78. The number of aromatic nitrogens is 1. The second kappa shape index (κ2) is 11.7. The van der Waals surface area contributed by atoms with E-state index in [2.05, 4.69) is 52.6 Å². The van der Waals surface area contributed by atoms with Gasteiger partial charge in [0.25, 0.3) is 0 Å². The molecule has 4 rings (SSSR count). The number of aromatic amines is 1. The molecule has 2 heterocycles. The predicted molar refractivity (Wildman–Crippen MR) is 141 cm³/mol. The van der Waals surface area contributed by atoms with Crippen LogP contribution in [0.15, 0.2) is 47.3 Å². The Hall–Kier alpha value is -3.20. The maximum absolute atomic E-state index is 12.4. The first-order valence-electron chi connectivity index (χ1n) is 12.6. The van der Waals surface area contributed by atoms with Gasteiger partial charge < -0.3 is 30.7 Å². The number of carbonyl (C=O) groups excluding carboxylic acids is 1. The van der Waals surface area contributed by atoms with Gasteiger partial charge in [0.15, 0.2) is 0 Å². The number of hydrogen-bond donors (Lipinski definition) is 5. The van der Waals surface area contributed by atoms with Crippen molar-refractivity contribution in [1.82, 2.24) is 20.5 Å². The van der Waals surface area contributed by atoms with Gasteiger partial charge in [-0.2, -0.15) is 0 Å². The number of rotatable bonds is 9. The zero-order valence-electron chi connectivity index (χ0n) is 21.0. The monoisotopic (exact) mass is 492 g/mol. The molecule has 5 N–H and O–H groups in total. The summed E-state index contributed by atoms with van der Waals surface area (Å²) in [6.07, 6.45) is 1.61. The van der Waals surface area contributed by atoms with Gasteiger partial charge in [-0.1, -0.05) is 29.8 Å². The van der Waals surface area contributed by atoms with Gasteiger partial charge in [0.2, 0.25) is 11.5 Å². The quantitative estimate of drug-likeness (QED) is 0.314. The molecule has 0 radical (unpaired) electrons. The number of likely N-dealkylation sites (tertiary alicyclic amines) is 1. The van der Waals surface area contributed by atoms with Crippen LogP contribution < -0.4 is 16.2 Å². The first-order valence-corrected chi connectivity index (χ1v) is 12.6. The molecule has 36 heavy (non-hydrogen) atoms. The third-order valence-electron chi connectivity index (χ3n) is 7.09. The van der Waals surface area contributed by atoms with Crippen LogP contribution in [0.5, 0.6) is 5.75 Å². The average molecular weight is 493 g/mol. The van der Waals surface area contributed by atoms with Crippen LogP contribution in [0.4, 0.5) is 0 Å². The van der Waals surface area contributed by atoms with Crippen molar-refractivity contribution in [2.75, 3.05) is 26.2 Å². The van der Waals surface area contributed by atoms with Crippen LogP contribution in [0.1, 0.15) is 47.6 Å². The number of amides is 1. The van der Waals surface area contributed by atoms with Gasteiger partial charge in [0.05, 0.1) is 11.6 Å². The summed E-state index contributed by atoms with van der Waals surface area (Å²) < 4.78 is 0. The van der Waals surface area contributed by atoms with Gasteiger partial charge in [-0.15, -0.1) is 0 Å². The molecule has 1 amide bonds. The largest absolute Gasteiger partial charge is 0.506 e. The Morgan fingerprint density at radius 2 is 1.92 bits per heavy atom. The van der Waals surface area contributed by atoms with Gasteiger partial charge in [-0.25, -0.2) is 0 Å². The number of aliphatic hydroxyl groups excluding tert-OH is 1. The van der Waals surface area contributed by atoms with E-state index in [9.17, 15) is 19.8 Å². The topological polar surface area (TPSA) is 118 Å². The third-order valence-corrected chi connectivity index (χ3v) is 7.09. The maximum Gasteiger partial charge on any atom is 0.248 e. The fourth-order valence-electron chi connectivity index (χ4n) is 4.83. The Kier molecular flexibility index (Phi) is 8.40. The lowest BCUT2D eigenvalue weighted by Crippen LogP contribution is -2.44. The molecule has 2 aromatic carbocycles. The van der Waals surface area contributed by atoms with Crippen LogP contribution in [0.25, 0.3) is 10.9 Å². The van der Waals surface area contributed by atoms with Crippen LogP contribution in [0, 0.1) is 13.8 Å². The molecule has 1 aliphatic rings. The number of pyridine rings is 1. The number of benzene rings is 2. The molecule has 1 aromatic heterocycles. The molecule has 0 aliphatic carbocycles. The van der Waals surface area contributed by atoms with Gasteiger partial charge >= 0.3 is 0 Å². The van der Waals surface area contributed by atoms with Crippen LogP contribution in [-0.2, 0) is 11.3 Å². The van der Waals surface area contributed by atoms with Gasteiger partial charge in [0, 0.05) is 43.5 Å². The number of aliphatic hydroxyl groups is 1. The molecule has 1 unspecified atom stereocenters. The molecular weight excluding hydrogens is 456 g/mol. The summed E-state index contributed by atoms with van der Waals surface area (Å²) in [6.45, 7) is 7.61. The van der Waals surface area contributed by atoms with Crippen molar-refractivity contribution in [3.05, 3.63) is 75.1 Å². The minimum absolute atomic E-state index is 0.0158. The highest BCUT2D eigenvalue weighted by molar-refractivity contribution is 5.87. The number of fused-ring (bicyclic) bond motifs is 1. The Morgan fingerprint density at radius 1 is 1.14 bits per heavy atom. The van der Waals surface area contributed by atoms with Crippen molar-refractivity contribution < 1.29 is 15.0 Å². The number of aromatic hydroxyl groups is 1. The van der Waals surface area contributed by atoms with E-state index in [1.807, 2.05) is 0 Å². The van der Waals surface area contributed by atoms with Crippen molar-refractivity contribution >= 4 is 16.8 Å². The minimum atomic E-state index is -0.766. The number of H-pyrrole nitrogens is 1. The Bertz CT molecular complexity index is 1260. The molecule has 1 fully saturated rings. The van der Waals surface area contributed by atoms with E-state index in [-0.39, 0.29) is 23.3 Å². The molecule has 8 heteroatoms. The number of carbonyl (C=O) groups is 1. The van der Waals surface area contributed by atoms with Crippen LogP contribution in [0.2, 0.25) is 0 Å². The van der Waals surface area contributed by atoms with Gasteiger partial charge in [-0.3, -0.25) is 9.59 Å². The van der Waals surface area contributed by atoms with Crippen molar-refractivity contribution in [3.63, 3.8) is 0 Å². The standard InChI is InChI=1S/C28H36N4O4/c1-18-3-4-19(2)20(15-18)16-30-26(35)11-14-32-12-9-21(10-13-32)29-17-25(34)22-5-7-24(33)28-23(22)6-8-27(36)31-28/h3-8,15,21,25,29,33-34H,9-14,16-17H2,1-2H3,(H,30,35)(H,31,36). The zero-order valence-corrected chi connectivity index (χ0v) is 21.0. The van der Waals surface area contributed by atoms with E-state index in [1.165, 1.54) is 23.3 Å². The molecule has 0 saturated carbocycles. The van der Waals surface area contributed by atoms with Crippen molar-refractivity contribution in [1.29, 1.82) is 0 Å². The summed E-state index contributed by atoms with van der Waals surface area (Å²) >= 11 is 0. The smallest absolute Gasteiger partial charge is 0.248 e. The maximum atomic E-state index is 12.4. The van der Waals surface area contributed by atoms with E-state index < -0.39 is 6.10 Å². The Labute approximate surface area is 211 Å². The lowest BCUT2D eigenvalue weighted by atomic mass is 10.0. The zero-order chi connectivity index (χ0) is 25.7. The molecule has 0 spiro atoms. The van der Waals surface area contributed by atoms with Crippen LogP contribution in [-0.4, -0.2) is 58.2 Å². The molecule has 1 atom stereocenters. The number of piperidine rings is 1. The summed E-state index contributed by atoms with van der Waals surface area (Å²) in [4.78, 5) is 28.9. The third kappa shape index (κ3) is 6.51. The molecule has 8 nitrogen and oxygen atoms in total. The second-order valence-electron chi connectivity index (χ2n) is 9.78. The number of nitrogens with one attached hydrogen (secondary N) is 3. The first kappa shape index (κ1) is 25.9. The molecule has 0 bridgehead atoms. The fraction of sp³-hybridized carbons (Fsp3) is 0.429. The highest BCUT2D eigenvalue weighted by Crippen LogP contribution is 2.28. The summed E-state index contributed by atoms with van der Waals surface area (Å²) in [5.41, 5.74) is 4.25. The molecular formula is C28H36N4O4. The predicted octanol–water partition coefficient (Wildman–Crippen LogP) is 2.64. The Morgan fingerprint density at radius 3 is 2.69 bits per heavy atom. The molecule has 3 aromatic rings. The van der Waals surface area contributed by atoms with Crippen molar-refractivity contribution in [3.8, 4) is 5.75 Å². The number of hydrogen-bond acceptors (Lipinski definition) is 6. The highest BCUT2D eigenvalue weighted by Gasteiger charge is 2.21. The van der Waals surface area contributed by atoms with Gasteiger partial charge in [0.1, 0.15) is 5.75 Å². The van der Waals surface area contributed by atoms with Crippen LogP contribution in [0.3, 0.4) is 0 Å². The number of phenols is 1. The lowest BCUT2D eigenvalue weighted by Gasteiger charge is -2.32. The minimum Gasteiger partial charge on any atom is -0.506 e. The fourth-order valence-corrected chi connectivity index (χ4v) is 4.83. The van der Waals surface area contributed by atoms with E-state index in [0.717, 1.165) is 38.0 Å². The number of nitrogens with zero attached hydrogens (tertiary/aromatic N) is 1. The molecule has 1 saturated heterocycles. The highest BCUT2D eigenvalue weighted by atomic mass is 16.3. The van der Waals surface area contributed by atoms with E-state index >= 15 is 0 Å². The SMILES string of the molecule is Cc1ccc(C)c(CNC(=O)CCN2CCC(NCC(O)c3ccc(O)c4[nH]c(=O)ccc34)CC2)c1. The molecule has 192 valence electrons. The normalized spacial score (nSPS) is 15.8. The summed E-state index contributed by atoms with van der Waals surface area (Å²) in [6, 6.07) is 12.8. The summed E-state index contributed by atoms with van der Waals surface area (Å²) in [7, 11) is 0. The molecule has 1 aliphatic heterocycles. The summed E-state index contributed by atoms with van der Waals surface area (Å²) in [5.74, 6) is 0.0553.